The molecule has 2 aromatic carbocycles. The van der Waals surface area contributed by atoms with Crippen molar-refractivity contribution in [3.63, 3.8) is 0 Å². The molecule has 0 aliphatic heterocycles. The van der Waals surface area contributed by atoms with Gasteiger partial charge in [-0.15, -0.1) is 0 Å². The number of hydrogen-bond acceptors (Lipinski definition) is 3. The van der Waals surface area contributed by atoms with Crippen molar-refractivity contribution in [3.8, 4) is 0 Å². The van der Waals surface area contributed by atoms with Crippen LogP contribution in [-0.2, 0) is 16.6 Å². The fraction of sp³-hybridized carbons (Fsp3) is 0.143. The number of benzene rings is 2. The van der Waals surface area contributed by atoms with Crippen LogP contribution in [0.2, 0.25) is 5.02 Å². The lowest BCUT2D eigenvalue weighted by Gasteiger charge is -2.12. The summed E-state index contributed by atoms with van der Waals surface area (Å²) in [6.45, 7) is 1.49. The Bertz CT molecular complexity index is 778. The predicted molar refractivity (Wildman–Crippen MR) is 87.1 cm³/mol. The van der Waals surface area contributed by atoms with Crippen LogP contribution in [0.25, 0.3) is 0 Å². The van der Waals surface area contributed by atoms with Crippen molar-refractivity contribution in [3.05, 3.63) is 57.0 Å². The Morgan fingerprint density at radius 1 is 1.29 bits per heavy atom. The Morgan fingerprint density at radius 3 is 2.67 bits per heavy atom. The molecule has 0 amide bonds. The summed E-state index contributed by atoms with van der Waals surface area (Å²) < 4.78 is 28.1. The number of hydrogen-bond donors (Lipinski definition) is 2. The van der Waals surface area contributed by atoms with E-state index in [-0.39, 0.29) is 11.5 Å². The molecule has 0 aliphatic carbocycles. The average molecular weight is 391 g/mol. The van der Waals surface area contributed by atoms with Crippen molar-refractivity contribution in [2.24, 2.45) is 0 Å². The molecule has 0 fully saturated rings. The van der Waals surface area contributed by atoms with Crippen LogP contribution in [0.5, 0.6) is 0 Å². The maximum atomic E-state index is 12.4. The van der Waals surface area contributed by atoms with Crippen LogP contribution in [0.3, 0.4) is 0 Å². The maximum Gasteiger partial charge on any atom is 0.261 e. The molecule has 2 rings (SSSR count). The second-order valence-corrected chi connectivity index (χ2v) is 7.37. The first kappa shape index (κ1) is 16.3. The molecule has 0 spiro atoms. The smallest absolute Gasteiger partial charge is 0.261 e. The summed E-state index contributed by atoms with van der Waals surface area (Å²) >= 11 is 9.23. The minimum atomic E-state index is -3.74. The van der Waals surface area contributed by atoms with Crippen LogP contribution < -0.4 is 4.72 Å². The van der Waals surface area contributed by atoms with Crippen molar-refractivity contribution in [1.29, 1.82) is 0 Å². The topological polar surface area (TPSA) is 66.4 Å². The average Bonchev–Trinajstić information content (AvgIpc) is 2.44. The monoisotopic (exact) mass is 389 g/mol. The highest BCUT2D eigenvalue weighted by atomic mass is 79.9. The predicted octanol–water partition coefficient (Wildman–Crippen LogP) is 3.70. The van der Waals surface area contributed by atoms with Crippen LogP contribution in [0, 0.1) is 6.92 Å². The van der Waals surface area contributed by atoms with Crippen LogP contribution in [0.1, 0.15) is 11.1 Å². The second-order valence-electron chi connectivity index (χ2n) is 4.43. The largest absolute Gasteiger partial charge is 0.392 e. The summed E-state index contributed by atoms with van der Waals surface area (Å²) in [6, 6.07) is 9.47. The minimum Gasteiger partial charge on any atom is -0.392 e. The number of aliphatic hydroxyl groups is 1. The number of nitrogens with one attached hydrogen (secondary N) is 1. The summed E-state index contributed by atoms with van der Waals surface area (Å²) in [5.74, 6) is 0. The van der Waals surface area contributed by atoms with Crippen molar-refractivity contribution in [2.45, 2.75) is 18.4 Å². The van der Waals surface area contributed by atoms with Gasteiger partial charge in [-0.05, 0) is 48.4 Å². The van der Waals surface area contributed by atoms with Gasteiger partial charge in [-0.25, -0.2) is 8.42 Å². The second kappa shape index (κ2) is 6.36. The molecule has 0 aromatic heterocycles. The molecule has 0 heterocycles. The third-order valence-electron chi connectivity index (χ3n) is 3.01. The highest BCUT2D eigenvalue weighted by Crippen LogP contribution is 2.27. The molecule has 21 heavy (non-hydrogen) atoms. The van der Waals surface area contributed by atoms with Crippen LogP contribution >= 0.6 is 27.5 Å². The molecule has 0 radical (unpaired) electrons. The van der Waals surface area contributed by atoms with Crippen molar-refractivity contribution in [1.82, 2.24) is 0 Å². The van der Waals surface area contributed by atoms with E-state index in [1.54, 1.807) is 12.1 Å². The molecular weight excluding hydrogens is 378 g/mol. The lowest BCUT2D eigenvalue weighted by Crippen LogP contribution is -2.14. The van der Waals surface area contributed by atoms with Gasteiger partial charge in [0.05, 0.1) is 17.2 Å². The van der Waals surface area contributed by atoms with Gasteiger partial charge in [0, 0.05) is 9.50 Å². The van der Waals surface area contributed by atoms with E-state index >= 15 is 0 Å². The Kier molecular flexibility index (Phi) is 4.93. The Hall–Kier alpha value is -1.08. The quantitative estimate of drug-likeness (QED) is 0.836. The molecule has 0 aliphatic rings. The third kappa shape index (κ3) is 3.58. The molecule has 4 nitrogen and oxygen atoms in total. The Balaban J connectivity index is 2.41. The van der Waals surface area contributed by atoms with Crippen molar-refractivity contribution >= 4 is 43.2 Å². The molecule has 2 aromatic rings. The molecule has 0 unspecified atom stereocenters. The standard InChI is InChI=1S/C14H13BrClNO3S/c1-9-12(15)3-2-4-14(9)17-21(19,20)11-5-6-13(16)10(7-11)8-18/h2-7,17-18H,8H2,1H3. The molecule has 2 N–H and O–H groups in total. The molecule has 0 bridgehead atoms. The van der Waals surface area contributed by atoms with Gasteiger partial charge < -0.3 is 5.11 Å². The summed E-state index contributed by atoms with van der Waals surface area (Å²) in [4.78, 5) is 0.0512. The van der Waals surface area contributed by atoms with E-state index in [0.717, 1.165) is 10.0 Å². The van der Waals surface area contributed by atoms with Gasteiger partial charge in [0.15, 0.2) is 0 Å². The number of rotatable bonds is 4. The number of sulfonamides is 1. The lowest BCUT2D eigenvalue weighted by molar-refractivity contribution is 0.281. The first-order valence-electron chi connectivity index (χ1n) is 6.02. The maximum absolute atomic E-state index is 12.4. The van der Waals surface area contributed by atoms with E-state index < -0.39 is 10.0 Å². The van der Waals surface area contributed by atoms with E-state index in [1.807, 2.05) is 13.0 Å². The molecular formula is C14H13BrClNO3S. The van der Waals surface area contributed by atoms with Gasteiger partial charge in [-0.1, -0.05) is 33.6 Å². The molecule has 0 saturated heterocycles. The molecule has 7 heteroatoms. The van der Waals surface area contributed by atoms with Crippen LogP contribution in [0.15, 0.2) is 45.8 Å². The van der Waals surface area contributed by atoms with E-state index in [4.69, 9.17) is 11.6 Å². The number of halogens is 2. The van der Waals surface area contributed by atoms with E-state index in [1.165, 1.54) is 18.2 Å². The van der Waals surface area contributed by atoms with Crippen molar-refractivity contribution in [2.75, 3.05) is 4.72 Å². The number of anilines is 1. The molecule has 112 valence electrons. The highest BCUT2D eigenvalue weighted by Gasteiger charge is 2.17. The van der Waals surface area contributed by atoms with E-state index in [9.17, 15) is 13.5 Å². The van der Waals surface area contributed by atoms with Crippen molar-refractivity contribution < 1.29 is 13.5 Å². The van der Waals surface area contributed by atoms with Crippen LogP contribution in [-0.4, -0.2) is 13.5 Å². The van der Waals surface area contributed by atoms with Gasteiger partial charge in [-0.3, -0.25) is 4.72 Å². The SMILES string of the molecule is Cc1c(Br)cccc1NS(=O)(=O)c1ccc(Cl)c(CO)c1. The fourth-order valence-electron chi connectivity index (χ4n) is 1.76. The van der Waals surface area contributed by atoms with E-state index in [0.29, 0.717) is 16.3 Å². The lowest BCUT2D eigenvalue weighted by atomic mass is 10.2. The third-order valence-corrected chi connectivity index (χ3v) is 5.60. The fourth-order valence-corrected chi connectivity index (χ4v) is 3.48. The zero-order valence-corrected chi connectivity index (χ0v) is 14.3. The van der Waals surface area contributed by atoms with E-state index in [2.05, 4.69) is 20.7 Å². The zero-order chi connectivity index (χ0) is 15.6. The normalized spacial score (nSPS) is 11.4. The summed E-state index contributed by atoms with van der Waals surface area (Å²) in [7, 11) is -3.74. The first-order chi connectivity index (χ1) is 9.85. The molecule has 0 atom stereocenters. The van der Waals surface area contributed by atoms with Gasteiger partial charge >= 0.3 is 0 Å². The van der Waals surface area contributed by atoms with Gasteiger partial charge in [-0.2, -0.15) is 0 Å². The first-order valence-corrected chi connectivity index (χ1v) is 8.68. The van der Waals surface area contributed by atoms with Gasteiger partial charge in [0.1, 0.15) is 0 Å². The highest BCUT2D eigenvalue weighted by molar-refractivity contribution is 9.10. The van der Waals surface area contributed by atoms with Crippen LogP contribution in [0.4, 0.5) is 5.69 Å². The number of aliphatic hydroxyl groups excluding tert-OH is 1. The zero-order valence-electron chi connectivity index (χ0n) is 11.1. The summed E-state index contributed by atoms with van der Waals surface area (Å²) in [6.07, 6.45) is 0. The summed E-state index contributed by atoms with van der Waals surface area (Å²) in [5.41, 5.74) is 1.65. The minimum absolute atomic E-state index is 0.0512. The Morgan fingerprint density at radius 2 is 2.00 bits per heavy atom. The van der Waals surface area contributed by atoms with Gasteiger partial charge in [0.25, 0.3) is 10.0 Å². The Labute approximate surface area is 136 Å². The molecule has 0 saturated carbocycles. The van der Waals surface area contributed by atoms with Gasteiger partial charge in [0.2, 0.25) is 0 Å². The summed E-state index contributed by atoms with van der Waals surface area (Å²) in [5, 5.41) is 9.50.